The molecular weight excluding hydrogens is 1280 g/mol. The molecule has 8 fully saturated rings. The van der Waals surface area contributed by atoms with E-state index >= 15 is 0 Å². The number of aldehydes is 1. The van der Waals surface area contributed by atoms with Gasteiger partial charge in [-0.2, -0.15) is 0 Å². The Labute approximate surface area is 594 Å². The molecule has 0 bridgehead atoms. The van der Waals surface area contributed by atoms with Crippen LogP contribution in [0, 0.1) is 11.8 Å². The highest BCUT2D eigenvalue weighted by Crippen LogP contribution is 2.33. The van der Waals surface area contributed by atoms with Crippen molar-refractivity contribution < 1.29 is 52.6 Å². The van der Waals surface area contributed by atoms with Gasteiger partial charge in [-0.05, 0) is 143 Å². The molecule has 25 heteroatoms. The topological polar surface area (TPSA) is 253 Å². The number of piperazine rings is 4. The minimum atomic E-state index is -0.563. The Bertz CT molecular complexity index is 3450. The number of nitrogens with zero attached hydrogens (tertiary/aromatic N) is 10. The fourth-order valence-electron chi connectivity index (χ4n) is 15.5. The van der Waals surface area contributed by atoms with Crippen molar-refractivity contribution in [1.82, 2.24) is 60.5 Å². The molecule has 14 rings (SSSR count). The van der Waals surface area contributed by atoms with Gasteiger partial charge in [0.2, 0.25) is 23.6 Å². The molecule has 4 aromatic rings. The van der Waals surface area contributed by atoms with Crippen LogP contribution >= 0.6 is 0 Å². The zero-order chi connectivity index (χ0) is 70.6. The highest BCUT2D eigenvalue weighted by atomic mass is 16.6. The largest absolute Gasteiger partial charge is 0.463 e. The number of rotatable bonds is 18. The molecule has 0 aliphatic carbocycles. The summed E-state index contributed by atoms with van der Waals surface area (Å²) in [4.78, 5) is 128. The lowest BCUT2D eigenvalue weighted by Gasteiger charge is -2.40. The normalized spacial score (nSPS) is 23.6. The Morgan fingerprint density at radius 2 is 1.03 bits per heavy atom. The van der Waals surface area contributed by atoms with Crippen molar-refractivity contribution in [2.45, 2.75) is 116 Å². The SMILES string of the molecule is C[C@H]1CN(C(=O)OCc2ccccc2)CCN1CCN1CCC(C=O)CC1.C[C@H]1CNCCN1CCN1CCC(CN2CCN(c3ccc4c(c3)CN(C3CCC(=O)NC3=O)C4=O)CC2)CC1.O=C1CCC(N2Cc3cc(N4CCNCC4)ccc3C2=O)C(=O)N1.O=COCc1ccccc1. The monoisotopic (exact) mass is 1390 g/mol. The van der Waals surface area contributed by atoms with Crippen molar-refractivity contribution in [3.63, 3.8) is 0 Å². The molecule has 10 aliphatic rings. The van der Waals surface area contributed by atoms with Crippen molar-refractivity contribution in [1.29, 1.82) is 0 Å². The van der Waals surface area contributed by atoms with Gasteiger partial charge in [-0.15, -0.1) is 0 Å². The Hall–Kier alpha value is -8.17. The average molecular weight is 1390 g/mol. The van der Waals surface area contributed by atoms with Gasteiger partial charge in [-0.3, -0.25) is 58.9 Å². The molecule has 4 N–H and O–H groups in total. The minimum absolute atomic E-state index is 0.106. The Balaban J connectivity index is 0.000000147. The van der Waals surface area contributed by atoms with Crippen molar-refractivity contribution in [2.75, 3.05) is 160 Å². The third-order valence-electron chi connectivity index (χ3n) is 21.7. The van der Waals surface area contributed by atoms with Gasteiger partial charge < -0.3 is 59.2 Å². The van der Waals surface area contributed by atoms with Crippen LogP contribution in [0.25, 0.3) is 0 Å². The molecular formula is C76H104N14O11. The predicted molar refractivity (Wildman–Crippen MR) is 384 cm³/mol. The van der Waals surface area contributed by atoms with Gasteiger partial charge in [-0.1, -0.05) is 60.7 Å². The molecule has 10 heterocycles. The number of carbonyl (C=O) groups is 9. The third kappa shape index (κ3) is 20.3. The number of hydrogen-bond donors (Lipinski definition) is 4. The molecule has 4 atom stereocenters. The number of nitrogens with one attached hydrogen (secondary N) is 4. The molecule has 25 nitrogen and oxygen atoms in total. The second-order valence-corrected chi connectivity index (χ2v) is 28.5. The molecule has 10 aliphatic heterocycles. The number of carbonyl (C=O) groups excluding carboxylic acids is 9. The van der Waals surface area contributed by atoms with Gasteiger partial charge in [0.25, 0.3) is 18.3 Å². The van der Waals surface area contributed by atoms with Crippen LogP contribution in [0.1, 0.15) is 108 Å². The summed E-state index contributed by atoms with van der Waals surface area (Å²) in [6.45, 7) is 30.3. The molecule has 4 aromatic carbocycles. The van der Waals surface area contributed by atoms with Crippen LogP contribution in [-0.4, -0.2) is 268 Å². The molecule has 7 amide bonds. The second kappa shape index (κ2) is 36.6. The first-order chi connectivity index (χ1) is 49.2. The first-order valence-electron chi connectivity index (χ1n) is 36.8. The maximum absolute atomic E-state index is 13.0. The standard InChI is InChI=1S/C30H45N7O3.C21H31N3O3.C17H20N4O3.C8H8O2/c1-22-19-31-8-11-35(22)15-12-33-9-6-23(7-10-33)20-34-13-16-36(17-14-34)25-2-3-26-24(18-25)21-37(30(26)40)27-4-5-28(38)32-29(27)39;1-18-15-24(21(26)27-17-20-5-3-2-4-6-20)14-13-23(18)12-11-22-9-7-19(16-25)8-10-22;22-15-4-3-14(16(23)19-15)21-10-11-9-12(1-2-13(11)17(21)24)20-7-5-18-6-8-20;9-7-10-6-8-4-2-1-3-5-8/h2-3,18,22-23,27,31H,4-17,19-21H2,1H3,(H,32,38,39);2-6,16,18-19H,7-15,17H2,1H3;1-2,9,14,18H,3-8,10H2,(H,19,22,23);1-5,7H,6H2/t22-,27?;18-;;/m00../s1. The van der Waals surface area contributed by atoms with Crippen LogP contribution < -0.4 is 31.1 Å². The third-order valence-corrected chi connectivity index (χ3v) is 21.7. The molecule has 101 heavy (non-hydrogen) atoms. The fraction of sp³-hybridized carbons (Fsp3) is 0.566. The van der Waals surface area contributed by atoms with Crippen molar-refractivity contribution in [3.05, 3.63) is 130 Å². The van der Waals surface area contributed by atoms with Crippen LogP contribution in [0.5, 0.6) is 0 Å². The number of fused-ring (bicyclic) bond motifs is 2. The van der Waals surface area contributed by atoms with E-state index in [0.717, 1.165) is 157 Å². The van der Waals surface area contributed by atoms with Crippen molar-refractivity contribution in [3.8, 4) is 0 Å². The number of likely N-dealkylation sites (tertiary alicyclic amines) is 2. The Morgan fingerprint density at radius 1 is 0.515 bits per heavy atom. The first kappa shape index (κ1) is 74.0. The van der Waals surface area contributed by atoms with E-state index in [4.69, 9.17) is 4.74 Å². The van der Waals surface area contributed by atoms with Gasteiger partial charge in [-0.25, -0.2) is 4.79 Å². The number of imide groups is 2. The van der Waals surface area contributed by atoms with E-state index in [9.17, 15) is 43.2 Å². The number of hydrogen-bond acceptors (Lipinski definition) is 20. The maximum atomic E-state index is 13.0. The van der Waals surface area contributed by atoms with E-state index in [1.54, 1.807) is 9.80 Å². The van der Waals surface area contributed by atoms with E-state index in [0.29, 0.717) is 81.9 Å². The summed E-state index contributed by atoms with van der Waals surface area (Å²) >= 11 is 0. The maximum Gasteiger partial charge on any atom is 0.410 e. The summed E-state index contributed by atoms with van der Waals surface area (Å²) in [7, 11) is 0. The Morgan fingerprint density at radius 3 is 1.54 bits per heavy atom. The average Bonchev–Trinajstić information content (AvgIpc) is 1.64. The lowest BCUT2D eigenvalue weighted by atomic mass is 9.96. The van der Waals surface area contributed by atoms with Gasteiger partial charge >= 0.3 is 6.09 Å². The second-order valence-electron chi connectivity index (χ2n) is 28.5. The lowest BCUT2D eigenvalue weighted by molar-refractivity contribution is -0.138. The van der Waals surface area contributed by atoms with Crippen LogP contribution in [0.3, 0.4) is 0 Å². The van der Waals surface area contributed by atoms with Gasteiger partial charge in [0.15, 0.2) is 0 Å². The van der Waals surface area contributed by atoms with Crippen LogP contribution in [-0.2, 0) is 64.5 Å². The quantitative estimate of drug-likeness (QED) is 0.0811. The summed E-state index contributed by atoms with van der Waals surface area (Å²) < 4.78 is 10.00. The molecule has 0 spiro atoms. The smallest absolute Gasteiger partial charge is 0.410 e. The van der Waals surface area contributed by atoms with E-state index in [1.807, 2.05) is 83.8 Å². The summed E-state index contributed by atoms with van der Waals surface area (Å²) in [5.41, 5.74) is 7.58. The number of benzene rings is 4. The minimum Gasteiger partial charge on any atom is -0.463 e. The van der Waals surface area contributed by atoms with E-state index in [1.165, 1.54) is 52.1 Å². The van der Waals surface area contributed by atoms with E-state index in [-0.39, 0.29) is 60.3 Å². The number of anilines is 2. The molecule has 8 saturated heterocycles. The number of ether oxygens (including phenoxy) is 2. The molecule has 0 saturated carbocycles. The molecule has 544 valence electrons. The summed E-state index contributed by atoms with van der Waals surface area (Å²) in [5, 5.41) is 11.5. The Kier molecular flexibility index (Phi) is 26.8. The molecule has 0 radical (unpaired) electrons. The molecule has 2 unspecified atom stereocenters. The van der Waals surface area contributed by atoms with Crippen molar-refractivity contribution >= 4 is 65.7 Å². The van der Waals surface area contributed by atoms with Gasteiger partial charge in [0.05, 0.1) is 0 Å². The zero-order valence-corrected chi connectivity index (χ0v) is 59.1. The zero-order valence-electron chi connectivity index (χ0n) is 59.1. The number of piperidine rings is 4. The number of amides is 7. The van der Waals surface area contributed by atoms with Crippen molar-refractivity contribution in [2.24, 2.45) is 11.8 Å². The van der Waals surface area contributed by atoms with Gasteiger partial charge in [0, 0.05) is 191 Å². The van der Waals surface area contributed by atoms with E-state index < -0.39 is 12.1 Å². The first-order valence-corrected chi connectivity index (χ1v) is 36.8. The summed E-state index contributed by atoms with van der Waals surface area (Å²) in [5.74, 6) is -0.416. The summed E-state index contributed by atoms with van der Waals surface area (Å²) in [6, 6.07) is 31.2. The molecule has 0 aromatic heterocycles. The lowest BCUT2D eigenvalue weighted by Crippen LogP contribution is -2.55. The van der Waals surface area contributed by atoms with E-state index in [2.05, 4.69) is 92.3 Å². The fourth-order valence-corrected chi connectivity index (χ4v) is 15.5. The van der Waals surface area contributed by atoms with Crippen LogP contribution in [0.15, 0.2) is 97.1 Å². The predicted octanol–water partition coefficient (Wildman–Crippen LogP) is 4.03. The van der Waals surface area contributed by atoms with Crippen LogP contribution in [0.4, 0.5) is 16.2 Å². The summed E-state index contributed by atoms with van der Waals surface area (Å²) in [6.07, 6.45) is 6.82. The highest BCUT2D eigenvalue weighted by Gasteiger charge is 2.41. The van der Waals surface area contributed by atoms with Gasteiger partial charge in [0.1, 0.15) is 31.6 Å². The highest BCUT2D eigenvalue weighted by molar-refractivity contribution is 6.06. The van der Waals surface area contributed by atoms with Crippen LogP contribution in [0.2, 0.25) is 0 Å².